The van der Waals surface area contributed by atoms with Gasteiger partial charge >= 0.3 is 0 Å². The van der Waals surface area contributed by atoms with Crippen LogP contribution in [0.15, 0.2) is 158 Å². The SMILES string of the molecule is c1ccc(-c2ccc(N(c3ccccc3)c3ccc4ccc5ccc6nn(-c7ccccc7)nc6c5c4c3)cc2)cc1. The number of anilines is 3. The van der Waals surface area contributed by atoms with E-state index in [1.807, 2.05) is 36.4 Å². The predicted octanol–water partition coefficient (Wildman–Crippen LogP) is 9.86. The van der Waals surface area contributed by atoms with Crippen molar-refractivity contribution >= 4 is 49.6 Å². The van der Waals surface area contributed by atoms with Crippen molar-refractivity contribution in [1.82, 2.24) is 15.0 Å². The van der Waals surface area contributed by atoms with Crippen LogP contribution in [0.3, 0.4) is 0 Å². The first-order valence-corrected chi connectivity index (χ1v) is 14.1. The van der Waals surface area contributed by atoms with Crippen molar-refractivity contribution in [2.75, 3.05) is 4.90 Å². The molecule has 4 heteroatoms. The molecule has 0 unspecified atom stereocenters. The van der Waals surface area contributed by atoms with E-state index in [9.17, 15) is 0 Å². The average Bonchev–Trinajstić information content (AvgIpc) is 3.51. The first kappa shape index (κ1) is 24.1. The minimum atomic E-state index is 0.876. The quantitative estimate of drug-likeness (QED) is 0.205. The lowest BCUT2D eigenvalue weighted by molar-refractivity contribution is 0.766. The number of benzene rings is 7. The van der Waals surface area contributed by atoms with E-state index in [2.05, 4.69) is 126 Å². The summed E-state index contributed by atoms with van der Waals surface area (Å²) in [5.41, 5.74) is 8.41. The Balaban J connectivity index is 1.31. The monoisotopic (exact) mass is 538 g/mol. The molecule has 1 heterocycles. The standard InChI is InChI=1S/C38H26N4/c1-4-10-27(11-5-1)28-18-22-32(23-19-28)41(31-12-6-2-7-13-31)34-24-20-29-16-17-30-21-25-36-38(37(30)35(29)26-34)40-42(39-36)33-14-8-3-9-15-33/h1-26H. The molecule has 0 amide bonds. The molecule has 0 radical (unpaired) electrons. The second-order valence-electron chi connectivity index (χ2n) is 10.4. The van der Waals surface area contributed by atoms with Crippen LogP contribution >= 0.6 is 0 Å². The summed E-state index contributed by atoms with van der Waals surface area (Å²) in [6.45, 7) is 0. The van der Waals surface area contributed by atoms with Gasteiger partial charge in [-0.25, -0.2) is 0 Å². The highest BCUT2D eigenvalue weighted by Crippen LogP contribution is 2.39. The molecule has 0 spiro atoms. The van der Waals surface area contributed by atoms with Gasteiger partial charge in [0.15, 0.2) is 0 Å². The van der Waals surface area contributed by atoms with Crippen LogP contribution in [0.4, 0.5) is 17.1 Å². The van der Waals surface area contributed by atoms with Crippen molar-refractivity contribution in [3.05, 3.63) is 158 Å². The Kier molecular flexibility index (Phi) is 5.75. The van der Waals surface area contributed by atoms with Gasteiger partial charge in [0.2, 0.25) is 0 Å². The Hall–Kier alpha value is -5.74. The maximum absolute atomic E-state index is 4.98. The van der Waals surface area contributed by atoms with Crippen LogP contribution in [0, 0.1) is 0 Å². The highest BCUT2D eigenvalue weighted by atomic mass is 15.5. The van der Waals surface area contributed by atoms with Gasteiger partial charge in [0.25, 0.3) is 0 Å². The van der Waals surface area contributed by atoms with Crippen molar-refractivity contribution in [1.29, 1.82) is 0 Å². The second-order valence-corrected chi connectivity index (χ2v) is 10.4. The summed E-state index contributed by atoms with van der Waals surface area (Å²) in [6, 6.07) is 55.2. The Morgan fingerprint density at radius 3 is 1.79 bits per heavy atom. The minimum absolute atomic E-state index is 0.876. The molecular formula is C38H26N4. The van der Waals surface area contributed by atoms with Gasteiger partial charge in [0, 0.05) is 22.4 Å². The number of para-hydroxylation sites is 2. The molecule has 0 aliphatic rings. The number of aromatic nitrogens is 3. The zero-order valence-corrected chi connectivity index (χ0v) is 22.8. The summed E-state index contributed by atoms with van der Waals surface area (Å²) in [5.74, 6) is 0. The van der Waals surface area contributed by atoms with Crippen LogP contribution in [0.25, 0.3) is 49.4 Å². The highest BCUT2D eigenvalue weighted by Gasteiger charge is 2.16. The summed E-state index contributed by atoms with van der Waals surface area (Å²) in [5, 5.41) is 14.4. The van der Waals surface area contributed by atoms with Gasteiger partial charge in [-0.15, -0.1) is 10.2 Å². The van der Waals surface area contributed by atoms with E-state index in [0.29, 0.717) is 0 Å². The predicted molar refractivity (Wildman–Crippen MR) is 174 cm³/mol. The van der Waals surface area contributed by atoms with Gasteiger partial charge in [-0.1, -0.05) is 103 Å². The van der Waals surface area contributed by atoms with Crippen LogP contribution in [0.5, 0.6) is 0 Å². The van der Waals surface area contributed by atoms with E-state index in [-0.39, 0.29) is 0 Å². The molecule has 8 aromatic rings. The largest absolute Gasteiger partial charge is 0.310 e. The van der Waals surface area contributed by atoms with Crippen molar-refractivity contribution in [2.45, 2.75) is 0 Å². The fraction of sp³-hybridized carbons (Fsp3) is 0. The number of hydrogen-bond donors (Lipinski definition) is 0. The lowest BCUT2D eigenvalue weighted by Crippen LogP contribution is -2.09. The fourth-order valence-electron chi connectivity index (χ4n) is 5.78. The van der Waals surface area contributed by atoms with E-state index in [4.69, 9.17) is 10.2 Å². The van der Waals surface area contributed by atoms with Gasteiger partial charge in [0.05, 0.1) is 5.69 Å². The molecule has 8 rings (SSSR count). The van der Waals surface area contributed by atoms with Crippen molar-refractivity contribution < 1.29 is 0 Å². The topological polar surface area (TPSA) is 34.0 Å². The average molecular weight is 539 g/mol. The Morgan fingerprint density at radius 1 is 0.452 bits per heavy atom. The van der Waals surface area contributed by atoms with Crippen molar-refractivity contribution in [3.63, 3.8) is 0 Å². The number of hydrogen-bond acceptors (Lipinski definition) is 3. The van der Waals surface area contributed by atoms with Gasteiger partial charge in [0.1, 0.15) is 11.0 Å². The molecule has 1 aromatic heterocycles. The molecule has 0 N–H and O–H groups in total. The molecule has 0 aliphatic carbocycles. The minimum Gasteiger partial charge on any atom is -0.310 e. The van der Waals surface area contributed by atoms with Crippen LogP contribution in [-0.2, 0) is 0 Å². The van der Waals surface area contributed by atoms with Crippen molar-refractivity contribution in [2.24, 2.45) is 0 Å². The molecule has 42 heavy (non-hydrogen) atoms. The Labute approximate surface area is 243 Å². The zero-order valence-electron chi connectivity index (χ0n) is 22.8. The molecule has 7 aromatic carbocycles. The second kappa shape index (κ2) is 10.0. The Morgan fingerprint density at radius 2 is 1.02 bits per heavy atom. The normalized spacial score (nSPS) is 11.3. The number of nitrogens with zero attached hydrogens (tertiary/aromatic N) is 4. The van der Waals surface area contributed by atoms with Crippen LogP contribution in [-0.4, -0.2) is 15.0 Å². The third-order valence-corrected chi connectivity index (χ3v) is 7.83. The van der Waals surface area contributed by atoms with Crippen molar-refractivity contribution in [3.8, 4) is 16.8 Å². The molecule has 0 atom stereocenters. The molecule has 0 saturated heterocycles. The fourth-order valence-corrected chi connectivity index (χ4v) is 5.78. The maximum atomic E-state index is 4.98. The summed E-state index contributed by atoms with van der Waals surface area (Å²) in [6.07, 6.45) is 0. The Bertz CT molecular complexity index is 2170. The van der Waals surface area contributed by atoms with E-state index in [1.165, 1.54) is 16.5 Å². The lowest BCUT2D eigenvalue weighted by Gasteiger charge is -2.26. The van der Waals surface area contributed by atoms with Crippen LogP contribution in [0.1, 0.15) is 0 Å². The van der Waals surface area contributed by atoms with E-state index >= 15 is 0 Å². The lowest BCUT2D eigenvalue weighted by atomic mass is 9.99. The summed E-state index contributed by atoms with van der Waals surface area (Å²) >= 11 is 0. The van der Waals surface area contributed by atoms with E-state index < -0.39 is 0 Å². The highest BCUT2D eigenvalue weighted by molar-refractivity contribution is 6.19. The van der Waals surface area contributed by atoms with Gasteiger partial charge < -0.3 is 4.90 Å². The first-order valence-electron chi connectivity index (χ1n) is 14.1. The van der Waals surface area contributed by atoms with E-state index in [1.54, 1.807) is 4.80 Å². The molecule has 0 bridgehead atoms. The van der Waals surface area contributed by atoms with Gasteiger partial charge in [-0.05, 0) is 81.9 Å². The molecule has 0 aliphatic heterocycles. The van der Waals surface area contributed by atoms with Gasteiger partial charge in [-0.3, -0.25) is 0 Å². The third-order valence-electron chi connectivity index (χ3n) is 7.83. The first-order chi connectivity index (χ1) is 20.8. The summed E-state index contributed by atoms with van der Waals surface area (Å²) < 4.78 is 0. The zero-order chi connectivity index (χ0) is 27.9. The smallest absolute Gasteiger partial charge is 0.122 e. The molecule has 0 saturated carbocycles. The van der Waals surface area contributed by atoms with Crippen LogP contribution < -0.4 is 4.90 Å². The molecule has 198 valence electrons. The molecular weight excluding hydrogens is 512 g/mol. The third kappa shape index (κ3) is 4.18. The summed E-state index contributed by atoms with van der Waals surface area (Å²) in [7, 11) is 0. The number of rotatable bonds is 5. The maximum Gasteiger partial charge on any atom is 0.122 e. The van der Waals surface area contributed by atoms with E-state index in [0.717, 1.165) is 49.9 Å². The molecule has 4 nitrogen and oxygen atoms in total. The molecule has 0 fully saturated rings. The number of fused-ring (bicyclic) bond motifs is 5. The summed E-state index contributed by atoms with van der Waals surface area (Å²) in [4.78, 5) is 4.05. The van der Waals surface area contributed by atoms with Gasteiger partial charge in [-0.2, -0.15) is 4.80 Å². The van der Waals surface area contributed by atoms with Crippen LogP contribution in [0.2, 0.25) is 0 Å².